The van der Waals surface area contributed by atoms with Crippen molar-refractivity contribution < 1.29 is 9.90 Å². The average molecular weight is 209 g/mol. The number of hydrogen-bond donors (Lipinski definition) is 2. The third-order valence-corrected chi connectivity index (χ3v) is 1.74. The van der Waals surface area contributed by atoms with Gasteiger partial charge in [0.25, 0.3) is 0 Å². The summed E-state index contributed by atoms with van der Waals surface area (Å²) >= 11 is 0. The van der Waals surface area contributed by atoms with Gasteiger partial charge in [0.1, 0.15) is 0 Å². The number of aliphatic hydroxyl groups is 1. The quantitative estimate of drug-likeness (QED) is 0.497. The van der Waals surface area contributed by atoms with E-state index in [0.29, 0.717) is 19.3 Å². The molecule has 0 spiro atoms. The monoisotopic (exact) mass is 209 g/mol. The molecule has 15 heavy (non-hydrogen) atoms. The van der Waals surface area contributed by atoms with E-state index in [0.717, 1.165) is 5.70 Å². The summed E-state index contributed by atoms with van der Waals surface area (Å²) < 4.78 is 0. The zero-order chi connectivity index (χ0) is 11.5. The smallest absolute Gasteiger partial charge is 0.224 e. The van der Waals surface area contributed by atoms with Gasteiger partial charge in [-0.3, -0.25) is 4.79 Å². The fraction of sp³-hybridized carbons (Fsp3) is 0.417. The summed E-state index contributed by atoms with van der Waals surface area (Å²) in [5, 5.41) is 11.3. The number of hydrogen-bond acceptors (Lipinski definition) is 2. The van der Waals surface area contributed by atoms with Gasteiger partial charge in [-0.1, -0.05) is 18.7 Å². The van der Waals surface area contributed by atoms with Crippen LogP contribution in [-0.4, -0.2) is 17.6 Å². The number of allylic oxidation sites excluding steroid dienone is 4. The molecule has 1 amide bonds. The highest BCUT2D eigenvalue weighted by Gasteiger charge is 2.01. The first-order chi connectivity index (χ1) is 7.24. The number of nitrogens with one attached hydrogen (secondary N) is 1. The maximum atomic E-state index is 11.4. The number of aliphatic hydroxyl groups excluding tert-OH is 1. The topological polar surface area (TPSA) is 49.3 Å². The van der Waals surface area contributed by atoms with Gasteiger partial charge in [-0.2, -0.15) is 0 Å². The average Bonchev–Trinajstić information content (AvgIpc) is 2.19. The van der Waals surface area contributed by atoms with Gasteiger partial charge >= 0.3 is 0 Å². The summed E-state index contributed by atoms with van der Waals surface area (Å²) in [5.74, 6) is -0.0327. The minimum atomic E-state index is -0.0327. The number of carbonyl (C=O) groups is 1. The Kier molecular flexibility index (Phi) is 8.39. The summed E-state index contributed by atoms with van der Waals surface area (Å²) in [6.07, 6.45) is 8.84. The van der Waals surface area contributed by atoms with Crippen molar-refractivity contribution in [3.8, 4) is 0 Å². The molecule has 0 radical (unpaired) electrons. The molecule has 0 aromatic heterocycles. The first-order valence-electron chi connectivity index (χ1n) is 5.10. The molecule has 0 bridgehead atoms. The van der Waals surface area contributed by atoms with Crippen molar-refractivity contribution in [2.75, 3.05) is 6.61 Å². The third kappa shape index (κ3) is 7.70. The largest absolute Gasteiger partial charge is 0.396 e. The lowest BCUT2D eigenvalue weighted by atomic mass is 10.2. The minimum Gasteiger partial charge on any atom is -0.396 e. The van der Waals surface area contributed by atoms with Gasteiger partial charge in [0.05, 0.1) is 0 Å². The molecule has 0 atom stereocenters. The highest BCUT2D eigenvalue weighted by atomic mass is 16.2. The Labute approximate surface area is 91.2 Å². The molecule has 84 valence electrons. The number of rotatable bonds is 7. The second-order valence-corrected chi connectivity index (χ2v) is 3.09. The van der Waals surface area contributed by atoms with E-state index in [1.54, 1.807) is 12.2 Å². The number of carbonyl (C=O) groups excluding carboxylic acids is 1. The Morgan fingerprint density at radius 2 is 2.20 bits per heavy atom. The molecule has 2 N–H and O–H groups in total. The maximum absolute atomic E-state index is 11.4. The van der Waals surface area contributed by atoms with Crippen molar-refractivity contribution in [2.24, 2.45) is 0 Å². The molecule has 3 nitrogen and oxygen atoms in total. The summed E-state index contributed by atoms with van der Waals surface area (Å²) in [5.41, 5.74) is 0.737. The Morgan fingerprint density at radius 1 is 1.47 bits per heavy atom. The lowest BCUT2D eigenvalue weighted by Crippen LogP contribution is -2.21. The standard InChI is InChI=1S/C12H19NO2/c1-3-7-11(8-4-2)13-12(15)9-5-6-10-14/h3-4,7-8,14H,1,5-6,9-10H2,2H3,(H,13,15)/b8-4-,11-7+. The molecule has 0 heterocycles. The Hall–Kier alpha value is -1.35. The van der Waals surface area contributed by atoms with Crippen LogP contribution in [0.1, 0.15) is 26.2 Å². The van der Waals surface area contributed by atoms with Gasteiger partial charge in [-0.25, -0.2) is 0 Å². The van der Waals surface area contributed by atoms with E-state index in [-0.39, 0.29) is 12.5 Å². The second-order valence-electron chi connectivity index (χ2n) is 3.09. The van der Waals surface area contributed by atoms with Crippen molar-refractivity contribution in [3.05, 3.63) is 36.6 Å². The van der Waals surface area contributed by atoms with Crippen LogP contribution in [0.2, 0.25) is 0 Å². The molecule has 0 fully saturated rings. The fourth-order valence-corrected chi connectivity index (χ4v) is 1.07. The normalized spacial score (nSPS) is 11.7. The van der Waals surface area contributed by atoms with Crippen molar-refractivity contribution in [3.63, 3.8) is 0 Å². The molecule has 0 rings (SSSR count). The molecular weight excluding hydrogens is 190 g/mol. The van der Waals surface area contributed by atoms with Gasteiger partial charge in [0.15, 0.2) is 0 Å². The molecule has 0 aromatic carbocycles. The van der Waals surface area contributed by atoms with E-state index in [1.165, 1.54) is 0 Å². The van der Waals surface area contributed by atoms with Crippen molar-refractivity contribution in [1.29, 1.82) is 0 Å². The van der Waals surface area contributed by atoms with Crippen LogP contribution in [0.5, 0.6) is 0 Å². The van der Waals surface area contributed by atoms with Crippen LogP contribution in [0.25, 0.3) is 0 Å². The van der Waals surface area contributed by atoms with Crippen molar-refractivity contribution in [1.82, 2.24) is 5.32 Å². The number of amides is 1. The van der Waals surface area contributed by atoms with Crippen LogP contribution in [0.15, 0.2) is 36.6 Å². The molecule has 0 aliphatic rings. The van der Waals surface area contributed by atoms with Gasteiger partial charge in [0.2, 0.25) is 5.91 Å². The Balaban J connectivity index is 4.00. The van der Waals surface area contributed by atoms with E-state index < -0.39 is 0 Å². The van der Waals surface area contributed by atoms with Crippen LogP contribution in [0.4, 0.5) is 0 Å². The van der Waals surface area contributed by atoms with Crippen LogP contribution < -0.4 is 5.32 Å². The lowest BCUT2D eigenvalue weighted by molar-refractivity contribution is -0.120. The number of unbranched alkanes of at least 4 members (excludes halogenated alkanes) is 1. The summed E-state index contributed by atoms with van der Waals surface area (Å²) in [7, 11) is 0. The predicted octanol–water partition coefficient (Wildman–Crippen LogP) is 1.91. The maximum Gasteiger partial charge on any atom is 0.224 e. The summed E-state index contributed by atoms with van der Waals surface area (Å²) in [6, 6.07) is 0. The molecule has 3 heteroatoms. The summed E-state index contributed by atoms with van der Waals surface area (Å²) in [4.78, 5) is 11.4. The van der Waals surface area contributed by atoms with E-state index in [9.17, 15) is 4.79 Å². The first-order valence-corrected chi connectivity index (χ1v) is 5.10. The van der Waals surface area contributed by atoms with E-state index in [1.807, 2.05) is 19.1 Å². The van der Waals surface area contributed by atoms with Crippen molar-refractivity contribution >= 4 is 5.91 Å². The third-order valence-electron chi connectivity index (χ3n) is 1.74. The fourth-order valence-electron chi connectivity index (χ4n) is 1.07. The zero-order valence-corrected chi connectivity index (χ0v) is 9.20. The minimum absolute atomic E-state index is 0.0327. The molecule has 0 saturated heterocycles. The molecular formula is C12H19NO2. The SMILES string of the molecule is C=C/C=C(\C=C/C)NC(=O)CCCCO. The predicted molar refractivity (Wildman–Crippen MR) is 62.2 cm³/mol. The highest BCUT2D eigenvalue weighted by molar-refractivity contribution is 5.78. The zero-order valence-electron chi connectivity index (χ0n) is 9.20. The molecule has 0 aliphatic heterocycles. The lowest BCUT2D eigenvalue weighted by Gasteiger charge is -2.04. The van der Waals surface area contributed by atoms with Gasteiger partial charge in [-0.15, -0.1) is 0 Å². The van der Waals surface area contributed by atoms with Crippen molar-refractivity contribution in [2.45, 2.75) is 26.2 Å². The van der Waals surface area contributed by atoms with Gasteiger partial charge < -0.3 is 10.4 Å². The highest BCUT2D eigenvalue weighted by Crippen LogP contribution is 1.98. The van der Waals surface area contributed by atoms with E-state index >= 15 is 0 Å². The Bertz CT molecular complexity index is 254. The Morgan fingerprint density at radius 3 is 2.73 bits per heavy atom. The first kappa shape index (κ1) is 13.7. The molecule has 0 unspecified atom stereocenters. The molecule has 0 saturated carbocycles. The van der Waals surface area contributed by atoms with E-state index in [2.05, 4.69) is 11.9 Å². The van der Waals surface area contributed by atoms with Gasteiger partial charge in [-0.05, 0) is 31.9 Å². The van der Waals surface area contributed by atoms with Crippen LogP contribution in [-0.2, 0) is 4.79 Å². The second kappa shape index (κ2) is 9.21. The van der Waals surface area contributed by atoms with Gasteiger partial charge in [0, 0.05) is 18.7 Å². The molecule has 0 aliphatic carbocycles. The van der Waals surface area contributed by atoms with E-state index in [4.69, 9.17) is 5.11 Å². The summed E-state index contributed by atoms with van der Waals surface area (Å²) in [6.45, 7) is 5.59. The van der Waals surface area contributed by atoms with Crippen LogP contribution in [0.3, 0.4) is 0 Å². The molecule has 0 aromatic rings. The van der Waals surface area contributed by atoms with Crippen LogP contribution >= 0.6 is 0 Å². The van der Waals surface area contributed by atoms with Crippen LogP contribution in [0, 0.1) is 0 Å².